The second kappa shape index (κ2) is 8.61. The number of aromatic nitrogens is 3. The predicted molar refractivity (Wildman–Crippen MR) is 113 cm³/mol. The maximum absolute atomic E-state index is 12.7. The normalized spacial score (nSPS) is 19.4. The molecule has 0 bridgehead atoms. The average molecular weight is 393 g/mol. The predicted octanol–water partition coefficient (Wildman–Crippen LogP) is 2.85. The second-order valence-corrected chi connectivity index (χ2v) is 7.70. The minimum Gasteiger partial charge on any atom is -0.367 e. The summed E-state index contributed by atoms with van der Waals surface area (Å²) in [6.45, 7) is 4.23. The molecule has 0 spiro atoms. The first-order valence-electron chi connectivity index (χ1n) is 10.0. The van der Waals surface area contributed by atoms with E-state index in [0.29, 0.717) is 19.1 Å². The Labute approximate surface area is 170 Å². The molecule has 1 amide bonds. The topological polar surface area (TPSA) is 74.3 Å². The summed E-state index contributed by atoms with van der Waals surface area (Å²) in [4.78, 5) is 28.7. The van der Waals surface area contributed by atoms with Crippen molar-refractivity contribution in [1.82, 2.24) is 19.9 Å². The molecule has 29 heavy (non-hydrogen) atoms. The van der Waals surface area contributed by atoms with Gasteiger partial charge in [-0.15, -0.1) is 0 Å². The van der Waals surface area contributed by atoms with Crippen LogP contribution in [0, 0.1) is 5.92 Å². The molecule has 3 heterocycles. The minimum absolute atomic E-state index is 0.0423. The second-order valence-electron chi connectivity index (χ2n) is 7.70. The lowest BCUT2D eigenvalue weighted by atomic mass is 9.92. The number of hydrogen-bond acceptors (Lipinski definition) is 5. The Kier molecular flexibility index (Phi) is 5.76. The van der Waals surface area contributed by atoms with Gasteiger partial charge in [0.05, 0.1) is 18.0 Å². The zero-order valence-corrected chi connectivity index (χ0v) is 16.9. The van der Waals surface area contributed by atoms with E-state index >= 15 is 0 Å². The summed E-state index contributed by atoms with van der Waals surface area (Å²) in [6, 6.07) is 12.1. The first kappa shape index (κ1) is 19.4. The smallest absolute Gasteiger partial charge is 0.248 e. The van der Waals surface area contributed by atoms with E-state index in [1.165, 1.54) is 0 Å². The molecule has 1 aromatic carbocycles. The van der Waals surface area contributed by atoms with E-state index in [4.69, 9.17) is 4.74 Å². The van der Waals surface area contributed by atoms with Crippen molar-refractivity contribution >= 4 is 22.8 Å². The summed E-state index contributed by atoms with van der Waals surface area (Å²) in [5.41, 5.74) is 1.90. The maximum atomic E-state index is 12.7. The van der Waals surface area contributed by atoms with E-state index in [1.807, 2.05) is 47.5 Å². The number of aromatic amines is 1. The average Bonchev–Trinajstić information content (AvgIpc) is 3.23. The van der Waals surface area contributed by atoms with Gasteiger partial charge in [0.1, 0.15) is 24.4 Å². The number of amides is 1. The van der Waals surface area contributed by atoms with Gasteiger partial charge in [-0.25, -0.2) is 9.97 Å². The van der Waals surface area contributed by atoms with Crippen molar-refractivity contribution in [3.05, 3.63) is 54.5 Å². The molecular weight excluding hydrogens is 366 g/mol. The molecule has 3 aromatic rings. The van der Waals surface area contributed by atoms with Gasteiger partial charge in [0.2, 0.25) is 5.91 Å². The van der Waals surface area contributed by atoms with Gasteiger partial charge in [0.25, 0.3) is 0 Å². The highest BCUT2D eigenvalue weighted by Gasteiger charge is 2.32. The first-order valence-corrected chi connectivity index (χ1v) is 10.0. The van der Waals surface area contributed by atoms with Crippen molar-refractivity contribution in [2.24, 2.45) is 5.92 Å². The van der Waals surface area contributed by atoms with E-state index in [1.54, 1.807) is 6.33 Å². The van der Waals surface area contributed by atoms with Crippen molar-refractivity contribution in [3.8, 4) is 0 Å². The monoisotopic (exact) mass is 393 g/mol. The van der Waals surface area contributed by atoms with Crippen LogP contribution in [0.25, 0.3) is 11.0 Å². The highest BCUT2D eigenvalue weighted by Crippen LogP contribution is 2.28. The molecule has 1 fully saturated rings. The number of fused-ring (bicyclic) bond motifs is 1. The van der Waals surface area contributed by atoms with Crippen LogP contribution in [0.15, 0.2) is 48.9 Å². The fourth-order valence-corrected chi connectivity index (χ4v) is 4.00. The molecule has 2 aromatic heterocycles. The fourth-order valence-electron chi connectivity index (χ4n) is 4.00. The van der Waals surface area contributed by atoms with Crippen LogP contribution in [0.1, 0.15) is 18.9 Å². The van der Waals surface area contributed by atoms with Crippen LogP contribution >= 0.6 is 0 Å². The number of H-pyrrole nitrogens is 1. The number of likely N-dealkylation sites (tertiary alicyclic amines) is 1. The number of carbonyl (C=O) groups is 1. The first-order chi connectivity index (χ1) is 14.1. The van der Waals surface area contributed by atoms with E-state index in [0.717, 1.165) is 35.4 Å². The summed E-state index contributed by atoms with van der Waals surface area (Å²) < 4.78 is 5.66. The van der Waals surface area contributed by atoms with Gasteiger partial charge >= 0.3 is 0 Å². The number of ether oxygens (including phenoxy) is 1. The number of nitrogens with one attached hydrogen (secondary N) is 1. The van der Waals surface area contributed by atoms with Gasteiger partial charge < -0.3 is 19.5 Å². The van der Waals surface area contributed by atoms with Crippen molar-refractivity contribution < 1.29 is 9.53 Å². The van der Waals surface area contributed by atoms with Gasteiger partial charge in [-0.2, -0.15) is 0 Å². The van der Waals surface area contributed by atoms with Gasteiger partial charge in [-0.1, -0.05) is 37.3 Å². The lowest BCUT2D eigenvalue weighted by Crippen LogP contribution is -2.53. The Morgan fingerprint density at radius 3 is 2.93 bits per heavy atom. The van der Waals surface area contributed by atoms with Gasteiger partial charge in [0.15, 0.2) is 0 Å². The zero-order valence-electron chi connectivity index (χ0n) is 16.9. The standard InChI is InChI=1S/C22H27N5O2/c1-16-9-11-27(20(28)14-29-13-17-6-4-3-5-7-17)12-19(16)26(2)22-18-8-10-23-21(18)24-15-25-22/h3-8,10,15-16,19H,9,11-14H2,1-2H3,(H,23,24,25)/t16-,19-/m1/s1. The van der Waals surface area contributed by atoms with Gasteiger partial charge in [0, 0.05) is 26.3 Å². The third kappa shape index (κ3) is 4.24. The van der Waals surface area contributed by atoms with Gasteiger partial charge in [-0.3, -0.25) is 4.79 Å². The maximum Gasteiger partial charge on any atom is 0.248 e. The van der Waals surface area contributed by atoms with Crippen LogP contribution in [0.5, 0.6) is 0 Å². The third-order valence-electron chi connectivity index (χ3n) is 5.77. The molecule has 152 valence electrons. The summed E-state index contributed by atoms with van der Waals surface area (Å²) >= 11 is 0. The van der Waals surface area contributed by atoms with Crippen LogP contribution in [0.2, 0.25) is 0 Å². The SMILES string of the molecule is C[C@@H]1CCN(C(=O)COCc2ccccc2)C[C@H]1N(C)c1ncnc2[nH]ccc12. The lowest BCUT2D eigenvalue weighted by molar-refractivity contribution is -0.138. The van der Waals surface area contributed by atoms with E-state index < -0.39 is 0 Å². The molecule has 7 nitrogen and oxygen atoms in total. The Hall–Kier alpha value is -2.93. The van der Waals surface area contributed by atoms with E-state index in [9.17, 15) is 4.79 Å². The highest BCUT2D eigenvalue weighted by atomic mass is 16.5. The summed E-state index contributed by atoms with van der Waals surface area (Å²) in [6.07, 6.45) is 4.42. The Balaban J connectivity index is 1.39. The highest BCUT2D eigenvalue weighted by molar-refractivity contribution is 5.87. The molecule has 0 aliphatic carbocycles. The molecular formula is C22H27N5O2. The zero-order chi connectivity index (χ0) is 20.2. The molecule has 7 heteroatoms. The summed E-state index contributed by atoms with van der Waals surface area (Å²) in [7, 11) is 2.05. The van der Waals surface area contributed by atoms with Gasteiger partial charge in [-0.05, 0) is 24.0 Å². The largest absolute Gasteiger partial charge is 0.367 e. The Bertz CT molecular complexity index is 958. The number of nitrogens with zero attached hydrogens (tertiary/aromatic N) is 4. The molecule has 0 unspecified atom stereocenters. The number of piperidine rings is 1. The molecule has 0 radical (unpaired) electrons. The number of rotatable bonds is 6. The van der Waals surface area contributed by atoms with Crippen LogP contribution in [0.4, 0.5) is 5.82 Å². The third-order valence-corrected chi connectivity index (χ3v) is 5.77. The summed E-state index contributed by atoms with van der Waals surface area (Å²) in [5.74, 6) is 1.39. The number of carbonyl (C=O) groups excluding carboxylic acids is 1. The molecule has 4 rings (SSSR count). The lowest BCUT2D eigenvalue weighted by Gasteiger charge is -2.42. The van der Waals surface area contributed by atoms with Crippen molar-refractivity contribution in [2.75, 3.05) is 31.6 Å². The molecule has 1 aliphatic rings. The number of benzene rings is 1. The number of anilines is 1. The van der Waals surface area contributed by atoms with Crippen LogP contribution in [-0.4, -0.2) is 58.5 Å². The minimum atomic E-state index is 0.0423. The Morgan fingerprint density at radius 1 is 1.28 bits per heavy atom. The number of hydrogen-bond donors (Lipinski definition) is 1. The van der Waals surface area contributed by atoms with Crippen LogP contribution < -0.4 is 4.90 Å². The van der Waals surface area contributed by atoms with Crippen LogP contribution in [0.3, 0.4) is 0 Å². The Morgan fingerprint density at radius 2 is 2.10 bits per heavy atom. The fraction of sp³-hybridized carbons (Fsp3) is 0.409. The van der Waals surface area contributed by atoms with Crippen LogP contribution in [-0.2, 0) is 16.1 Å². The quantitative estimate of drug-likeness (QED) is 0.697. The van der Waals surface area contributed by atoms with E-state index in [-0.39, 0.29) is 18.6 Å². The van der Waals surface area contributed by atoms with Crippen molar-refractivity contribution in [1.29, 1.82) is 0 Å². The molecule has 0 saturated carbocycles. The summed E-state index contributed by atoms with van der Waals surface area (Å²) in [5, 5.41) is 0.997. The molecule has 1 saturated heterocycles. The van der Waals surface area contributed by atoms with Crippen molar-refractivity contribution in [3.63, 3.8) is 0 Å². The van der Waals surface area contributed by atoms with Crippen molar-refractivity contribution in [2.45, 2.75) is 26.0 Å². The van der Waals surface area contributed by atoms with E-state index in [2.05, 4.69) is 33.8 Å². The molecule has 1 N–H and O–H groups in total. The number of likely N-dealkylation sites (N-methyl/N-ethyl adjacent to an activating group) is 1. The molecule has 2 atom stereocenters. The molecule has 1 aliphatic heterocycles.